The van der Waals surface area contributed by atoms with Crippen LogP contribution in [0.5, 0.6) is 0 Å². The predicted octanol–water partition coefficient (Wildman–Crippen LogP) is 6.70. The van der Waals surface area contributed by atoms with Crippen LogP contribution in [-0.2, 0) is 9.47 Å². The predicted molar refractivity (Wildman–Crippen MR) is 178 cm³/mol. The Labute approximate surface area is 269 Å². The molecule has 1 aromatic rings. The summed E-state index contributed by atoms with van der Waals surface area (Å²) in [6.07, 6.45) is 2.42. The first-order valence-electron chi connectivity index (χ1n) is 13.0. The fraction of sp³-hybridized carbons (Fsp3) is 0.714. The van der Waals surface area contributed by atoms with Crippen molar-refractivity contribution in [2.24, 2.45) is 0 Å². The maximum absolute atomic E-state index is 13.6. The first-order chi connectivity index (χ1) is 17.1. The number of benzene rings is 1. The summed E-state index contributed by atoms with van der Waals surface area (Å²) in [5.74, 6) is -0.891. The highest BCUT2D eigenvalue weighted by molar-refractivity contribution is 14.1. The van der Waals surface area contributed by atoms with E-state index in [-0.39, 0.29) is 34.4 Å². The number of carbonyl (C=O) groups is 2. The van der Waals surface area contributed by atoms with E-state index in [4.69, 9.17) is 15.2 Å². The molecule has 0 aliphatic carbocycles. The molecule has 0 amide bonds. The summed E-state index contributed by atoms with van der Waals surface area (Å²) >= 11 is 6.25. The van der Waals surface area contributed by atoms with Gasteiger partial charge in [-0.2, -0.15) is 0 Å². The third-order valence-electron chi connectivity index (χ3n) is 8.85. The number of nitrogens with two attached hydrogens (primary N) is 1. The van der Waals surface area contributed by atoms with Crippen LogP contribution in [0, 0.1) is 10.7 Å². The average Bonchev–Trinajstić information content (AvgIpc) is 2.73. The van der Waals surface area contributed by atoms with Crippen molar-refractivity contribution in [3.8, 4) is 0 Å². The molecule has 1 aromatic carbocycles. The number of ether oxygens (including phenoxy) is 2. The quantitative estimate of drug-likeness (QED) is 0.205. The Morgan fingerprint density at radius 3 is 1.18 bits per heavy atom. The fourth-order valence-electron chi connectivity index (χ4n) is 6.19. The fourth-order valence-corrected chi connectivity index (χ4v) is 10.2. The molecule has 0 radical (unpaired) electrons. The van der Waals surface area contributed by atoms with Crippen LogP contribution < -0.4 is 5.73 Å². The zero-order valence-corrected chi connectivity index (χ0v) is 30.7. The smallest absolute Gasteiger partial charge is 0.340 e. The van der Waals surface area contributed by atoms with Gasteiger partial charge in [-0.05, 0) is 137 Å². The first-order valence-corrected chi connectivity index (χ1v) is 16.2. The van der Waals surface area contributed by atoms with Crippen LogP contribution in [0.1, 0.15) is 102 Å². The Balaban J connectivity index is 1.91. The molecular weight excluding hydrogens is 823 g/mol. The largest absolute Gasteiger partial charge is 0.459 e. The number of esters is 2. The molecular formula is C28H42I3N3O4. The van der Waals surface area contributed by atoms with Crippen molar-refractivity contribution in [1.29, 1.82) is 0 Å². The SMILES string of the molecule is CN1C(C)(C)CC(OC(=O)c2c(I)c(N)c(I)c(C(=O)OC3CC(C)(C)N(C)C(C)(C)C3)c2I)CC1(C)C. The van der Waals surface area contributed by atoms with E-state index in [2.05, 4.69) is 147 Å². The summed E-state index contributed by atoms with van der Waals surface area (Å²) < 4.78 is 14.0. The van der Waals surface area contributed by atoms with E-state index in [1.807, 2.05) is 0 Å². The molecule has 2 aliphatic heterocycles. The van der Waals surface area contributed by atoms with Crippen LogP contribution in [0.3, 0.4) is 0 Å². The molecule has 0 unspecified atom stereocenters. The molecule has 0 saturated carbocycles. The highest BCUT2D eigenvalue weighted by Crippen LogP contribution is 2.41. The molecule has 0 spiro atoms. The van der Waals surface area contributed by atoms with Crippen molar-refractivity contribution >= 4 is 85.4 Å². The minimum absolute atomic E-state index is 0.122. The zero-order chi connectivity index (χ0) is 29.2. The van der Waals surface area contributed by atoms with Crippen LogP contribution in [0.15, 0.2) is 0 Å². The van der Waals surface area contributed by atoms with E-state index in [1.165, 1.54) is 0 Å². The zero-order valence-electron chi connectivity index (χ0n) is 24.2. The van der Waals surface area contributed by atoms with Gasteiger partial charge in [0, 0.05) is 51.4 Å². The number of rotatable bonds is 4. The minimum Gasteiger partial charge on any atom is -0.459 e. The summed E-state index contributed by atoms with van der Waals surface area (Å²) in [6.45, 7) is 17.4. The Morgan fingerprint density at radius 2 is 0.921 bits per heavy atom. The van der Waals surface area contributed by atoms with Gasteiger partial charge in [-0.3, -0.25) is 9.80 Å². The van der Waals surface area contributed by atoms with Crippen molar-refractivity contribution in [2.75, 3.05) is 19.8 Å². The lowest BCUT2D eigenvalue weighted by atomic mass is 9.78. The number of halogens is 3. The standard InChI is InChI=1S/C28H42I3N3O4/c1-25(2)11-15(12-26(3,4)33(25)9)37-23(35)17-19(29)18(21(31)22(32)20(17)30)24(36)38-16-13-27(5,6)34(10)28(7,8)14-16/h15-16H,11-14,32H2,1-10H3. The van der Waals surface area contributed by atoms with Crippen molar-refractivity contribution in [3.05, 3.63) is 21.8 Å². The van der Waals surface area contributed by atoms with Gasteiger partial charge in [0.2, 0.25) is 0 Å². The van der Waals surface area contributed by atoms with Crippen LogP contribution in [0.25, 0.3) is 0 Å². The van der Waals surface area contributed by atoms with Crippen molar-refractivity contribution in [2.45, 2.75) is 115 Å². The van der Waals surface area contributed by atoms with Gasteiger partial charge in [0.1, 0.15) is 12.2 Å². The molecule has 214 valence electrons. The molecule has 2 aliphatic rings. The average molecular weight is 865 g/mol. The molecule has 2 N–H and O–H groups in total. The highest BCUT2D eigenvalue weighted by Gasteiger charge is 2.46. The normalized spacial score (nSPS) is 23.7. The monoisotopic (exact) mass is 865 g/mol. The summed E-state index contributed by atoms with van der Waals surface area (Å²) in [4.78, 5) is 32.0. The van der Waals surface area contributed by atoms with Gasteiger partial charge < -0.3 is 15.2 Å². The molecule has 7 nitrogen and oxygen atoms in total. The molecule has 0 bridgehead atoms. The Hall–Kier alpha value is 0.0700. The Morgan fingerprint density at radius 1 is 0.658 bits per heavy atom. The molecule has 10 heteroatoms. The summed E-state index contributed by atoms with van der Waals surface area (Å²) in [5.41, 5.74) is 7.05. The maximum atomic E-state index is 13.6. The second-order valence-electron chi connectivity index (χ2n) is 13.3. The van der Waals surface area contributed by atoms with Gasteiger partial charge in [-0.1, -0.05) is 0 Å². The second-order valence-corrected chi connectivity index (χ2v) is 16.6. The lowest BCUT2D eigenvalue weighted by Crippen LogP contribution is -2.60. The Bertz CT molecular complexity index is 1010. The molecule has 0 aromatic heterocycles. The topological polar surface area (TPSA) is 85.1 Å². The van der Waals surface area contributed by atoms with Crippen LogP contribution >= 0.6 is 67.8 Å². The lowest BCUT2D eigenvalue weighted by molar-refractivity contribution is -0.0737. The molecule has 3 rings (SSSR count). The molecule has 2 saturated heterocycles. The number of nitrogen functional groups attached to an aromatic ring is 1. The van der Waals surface area contributed by atoms with E-state index in [9.17, 15) is 9.59 Å². The number of nitrogens with zero attached hydrogens (tertiary/aromatic N) is 2. The van der Waals surface area contributed by atoms with Gasteiger partial charge >= 0.3 is 11.9 Å². The van der Waals surface area contributed by atoms with Gasteiger partial charge in [-0.15, -0.1) is 0 Å². The summed E-state index contributed by atoms with van der Waals surface area (Å²) in [5, 5.41) is 0. The van der Waals surface area contributed by atoms with Crippen LogP contribution in [0.4, 0.5) is 5.69 Å². The number of likely N-dealkylation sites (tertiary alicyclic amines) is 2. The summed E-state index contributed by atoms with van der Waals surface area (Å²) in [7, 11) is 4.24. The molecule has 2 heterocycles. The van der Waals surface area contributed by atoms with Gasteiger partial charge in [0.15, 0.2) is 0 Å². The molecule has 2 fully saturated rings. The highest BCUT2D eigenvalue weighted by atomic mass is 127. The lowest BCUT2D eigenvalue weighted by Gasteiger charge is -2.53. The summed E-state index contributed by atoms with van der Waals surface area (Å²) in [6, 6.07) is 0. The van der Waals surface area contributed by atoms with Crippen molar-refractivity contribution in [1.82, 2.24) is 9.80 Å². The van der Waals surface area contributed by atoms with Crippen LogP contribution in [-0.4, -0.2) is 70.2 Å². The van der Waals surface area contributed by atoms with E-state index in [0.717, 1.165) is 25.7 Å². The van der Waals surface area contributed by atoms with E-state index < -0.39 is 11.9 Å². The number of piperidine rings is 2. The number of anilines is 1. The Kier molecular flexibility index (Phi) is 9.47. The van der Waals surface area contributed by atoms with Crippen molar-refractivity contribution < 1.29 is 19.1 Å². The third kappa shape index (κ3) is 6.28. The van der Waals surface area contributed by atoms with E-state index in [0.29, 0.717) is 27.5 Å². The number of hydrogen-bond donors (Lipinski definition) is 1. The van der Waals surface area contributed by atoms with Crippen LogP contribution in [0.2, 0.25) is 0 Å². The first kappa shape index (κ1) is 32.6. The number of hydrogen-bond acceptors (Lipinski definition) is 7. The third-order valence-corrected chi connectivity index (χ3v) is 12.2. The van der Waals surface area contributed by atoms with Gasteiger partial charge in [-0.25, -0.2) is 9.59 Å². The maximum Gasteiger partial charge on any atom is 0.340 e. The molecule has 38 heavy (non-hydrogen) atoms. The van der Waals surface area contributed by atoms with Gasteiger partial charge in [0.25, 0.3) is 0 Å². The van der Waals surface area contributed by atoms with E-state index >= 15 is 0 Å². The minimum atomic E-state index is -0.446. The second kappa shape index (κ2) is 11.0. The van der Waals surface area contributed by atoms with E-state index in [1.54, 1.807) is 0 Å². The molecule has 0 atom stereocenters. The van der Waals surface area contributed by atoms with Gasteiger partial charge in [0.05, 0.1) is 24.0 Å². The van der Waals surface area contributed by atoms with Crippen molar-refractivity contribution in [3.63, 3.8) is 0 Å². The number of carbonyl (C=O) groups excluding carboxylic acids is 2.